The number of hydrogen-bond acceptors (Lipinski definition) is 5. The van der Waals surface area contributed by atoms with E-state index in [0.717, 1.165) is 41.3 Å². The summed E-state index contributed by atoms with van der Waals surface area (Å²) >= 11 is 7.38. The minimum absolute atomic E-state index is 0.0326. The van der Waals surface area contributed by atoms with Crippen LogP contribution >= 0.6 is 22.9 Å². The number of aryl methyl sites for hydroxylation is 1. The van der Waals surface area contributed by atoms with Crippen LogP contribution in [0.1, 0.15) is 38.6 Å². The standard InChI is InChI=1S/C24H24ClN3O3S/c1-15-21(32-22(26-15)16-8-10-18(25)11-9-16)23(29)27(2)20-7-4-12-28(14-20)19-6-3-5-17(13-19)24(30)31/h3,5-6,8-11,13,20H,4,7,12,14H2,1-2H3,(H,30,31). The molecule has 6 nitrogen and oxygen atoms in total. The fraction of sp³-hybridized carbons (Fsp3) is 0.292. The Kier molecular flexibility index (Phi) is 6.48. The lowest BCUT2D eigenvalue weighted by molar-refractivity contribution is 0.0695. The molecule has 2 heterocycles. The average Bonchev–Trinajstić information content (AvgIpc) is 3.20. The van der Waals surface area contributed by atoms with Crippen molar-refractivity contribution in [2.75, 3.05) is 25.0 Å². The van der Waals surface area contributed by atoms with Gasteiger partial charge in [0, 0.05) is 42.5 Å². The zero-order valence-corrected chi connectivity index (χ0v) is 19.5. The Bertz CT molecular complexity index is 1150. The highest BCUT2D eigenvalue weighted by Gasteiger charge is 2.29. The van der Waals surface area contributed by atoms with Crippen LogP contribution in [0.25, 0.3) is 10.6 Å². The van der Waals surface area contributed by atoms with Crippen LogP contribution in [0, 0.1) is 6.92 Å². The molecule has 1 aromatic heterocycles. The van der Waals surface area contributed by atoms with E-state index < -0.39 is 5.97 Å². The van der Waals surface area contributed by atoms with Crippen LogP contribution in [0.15, 0.2) is 48.5 Å². The van der Waals surface area contributed by atoms with E-state index in [1.54, 1.807) is 23.1 Å². The summed E-state index contributed by atoms with van der Waals surface area (Å²) in [5.41, 5.74) is 2.79. The fourth-order valence-electron chi connectivity index (χ4n) is 3.98. The number of rotatable bonds is 5. The molecule has 0 spiro atoms. The van der Waals surface area contributed by atoms with Gasteiger partial charge in [-0.1, -0.05) is 29.8 Å². The molecule has 1 unspecified atom stereocenters. The largest absolute Gasteiger partial charge is 0.478 e. The Balaban J connectivity index is 1.51. The molecule has 1 atom stereocenters. The number of piperidine rings is 1. The van der Waals surface area contributed by atoms with Gasteiger partial charge in [0.1, 0.15) is 9.88 Å². The number of likely N-dealkylation sites (N-methyl/N-ethyl adjacent to an activating group) is 1. The third-order valence-electron chi connectivity index (χ3n) is 5.80. The van der Waals surface area contributed by atoms with Gasteiger partial charge < -0.3 is 14.9 Å². The fourth-order valence-corrected chi connectivity index (χ4v) is 5.16. The lowest BCUT2D eigenvalue weighted by atomic mass is 10.0. The van der Waals surface area contributed by atoms with Crippen LogP contribution in [0.4, 0.5) is 5.69 Å². The quantitative estimate of drug-likeness (QED) is 0.555. The molecule has 3 aromatic rings. The molecule has 0 radical (unpaired) electrons. The molecule has 1 fully saturated rings. The molecular formula is C24H24ClN3O3S. The summed E-state index contributed by atoms with van der Waals surface area (Å²) in [6, 6.07) is 14.4. The third kappa shape index (κ3) is 4.64. The number of carboxylic acids is 1. The zero-order valence-electron chi connectivity index (χ0n) is 17.9. The summed E-state index contributed by atoms with van der Waals surface area (Å²) in [5.74, 6) is -0.976. The maximum Gasteiger partial charge on any atom is 0.335 e. The molecule has 1 amide bonds. The monoisotopic (exact) mass is 469 g/mol. The number of halogens is 1. The Hall–Kier alpha value is -2.90. The first-order chi connectivity index (χ1) is 15.3. The smallest absolute Gasteiger partial charge is 0.335 e. The molecule has 1 aliphatic heterocycles. The van der Waals surface area contributed by atoms with Gasteiger partial charge in [-0.05, 0) is 50.1 Å². The lowest BCUT2D eigenvalue weighted by Crippen LogP contribution is -2.48. The van der Waals surface area contributed by atoms with Crippen molar-refractivity contribution >= 4 is 40.5 Å². The first-order valence-electron chi connectivity index (χ1n) is 10.4. The predicted octanol–water partition coefficient (Wildman–Crippen LogP) is 5.21. The molecule has 1 N–H and O–H groups in total. The number of amides is 1. The normalized spacial score (nSPS) is 16.1. The maximum atomic E-state index is 13.3. The molecule has 2 aromatic carbocycles. The summed E-state index contributed by atoms with van der Waals surface area (Å²) in [7, 11) is 1.84. The number of aromatic nitrogens is 1. The first kappa shape index (κ1) is 22.3. The van der Waals surface area contributed by atoms with Crippen LogP contribution in [0.2, 0.25) is 5.02 Å². The minimum atomic E-state index is -0.940. The second-order valence-electron chi connectivity index (χ2n) is 7.95. The van der Waals surface area contributed by atoms with Crippen LogP contribution in [0.5, 0.6) is 0 Å². The molecule has 0 aliphatic carbocycles. The van der Waals surface area contributed by atoms with Crippen molar-refractivity contribution < 1.29 is 14.7 Å². The molecule has 8 heteroatoms. The summed E-state index contributed by atoms with van der Waals surface area (Å²) in [4.78, 5) is 33.9. The Labute approximate surface area is 196 Å². The van der Waals surface area contributed by atoms with E-state index in [-0.39, 0.29) is 17.5 Å². The number of carboxylic acid groups (broad SMARTS) is 1. The summed E-state index contributed by atoms with van der Waals surface area (Å²) < 4.78 is 0. The number of hydrogen-bond donors (Lipinski definition) is 1. The van der Waals surface area contributed by atoms with E-state index in [1.165, 1.54) is 11.3 Å². The van der Waals surface area contributed by atoms with Crippen LogP contribution in [-0.4, -0.2) is 53.0 Å². The first-order valence-corrected chi connectivity index (χ1v) is 11.6. The second kappa shape index (κ2) is 9.30. The molecular weight excluding hydrogens is 446 g/mol. The van der Waals surface area contributed by atoms with Gasteiger partial charge in [0.05, 0.1) is 11.3 Å². The number of thiazole rings is 1. The molecule has 4 rings (SSSR count). The number of anilines is 1. The zero-order chi connectivity index (χ0) is 22.8. The van der Waals surface area contributed by atoms with Crippen LogP contribution in [-0.2, 0) is 0 Å². The number of benzene rings is 2. The predicted molar refractivity (Wildman–Crippen MR) is 128 cm³/mol. The van der Waals surface area contributed by atoms with E-state index in [9.17, 15) is 14.7 Å². The number of nitrogens with zero attached hydrogens (tertiary/aromatic N) is 3. The van der Waals surface area contributed by atoms with Gasteiger partial charge in [0.15, 0.2) is 0 Å². The van der Waals surface area contributed by atoms with Crippen molar-refractivity contribution in [3.63, 3.8) is 0 Å². The van der Waals surface area contributed by atoms with Gasteiger partial charge in [-0.2, -0.15) is 0 Å². The van der Waals surface area contributed by atoms with Crippen molar-refractivity contribution in [2.45, 2.75) is 25.8 Å². The maximum absolute atomic E-state index is 13.3. The molecule has 1 aliphatic rings. The van der Waals surface area contributed by atoms with Crippen molar-refractivity contribution in [3.05, 3.63) is 69.7 Å². The Morgan fingerprint density at radius 1 is 1.22 bits per heavy atom. The Morgan fingerprint density at radius 3 is 2.69 bits per heavy atom. The van der Waals surface area contributed by atoms with Gasteiger partial charge >= 0.3 is 5.97 Å². The summed E-state index contributed by atoms with van der Waals surface area (Å²) in [6.45, 7) is 3.36. The molecule has 1 saturated heterocycles. The van der Waals surface area contributed by atoms with Crippen LogP contribution < -0.4 is 4.90 Å². The second-order valence-corrected chi connectivity index (χ2v) is 9.39. The van der Waals surface area contributed by atoms with Crippen molar-refractivity contribution in [2.24, 2.45) is 0 Å². The molecule has 0 saturated carbocycles. The Morgan fingerprint density at radius 2 is 1.97 bits per heavy atom. The molecule has 32 heavy (non-hydrogen) atoms. The van der Waals surface area contributed by atoms with Gasteiger partial charge in [-0.15, -0.1) is 11.3 Å². The van der Waals surface area contributed by atoms with Gasteiger partial charge in [0.25, 0.3) is 5.91 Å². The van der Waals surface area contributed by atoms with Crippen molar-refractivity contribution in [1.29, 1.82) is 0 Å². The summed E-state index contributed by atoms with van der Waals surface area (Å²) in [6.07, 6.45) is 1.83. The average molecular weight is 470 g/mol. The van der Waals surface area contributed by atoms with Crippen molar-refractivity contribution in [3.8, 4) is 10.6 Å². The van der Waals surface area contributed by atoms with E-state index in [4.69, 9.17) is 11.6 Å². The topological polar surface area (TPSA) is 73.7 Å². The minimum Gasteiger partial charge on any atom is -0.478 e. The highest BCUT2D eigenvalue weighted by molar-refractivity contribution is 7.17. The molecule has 0 bridgehead atoms. The van der Waals surface area contributed by atoms with E-state index in [1.807, 2.05) is 44.3 Å². The number of carbonyl (C=O) groups excluding carboxylic acids is 1. The van der Waals surface area contributed by atoms with E-state index >= 15 is 0 Å². The van der Waals surface area contributed by atoms with Gasteiger partial charge in [-0.25, -0.2) is 9.78 Å². The highest BCUT2D eigenvalue weighted by Crippen LogP contribution is 2.31. The highest BCUT2D eigenvalue weighted by atomic mass is 35.5. The van der Waals surface area contributed by atoms with Gasteiger partial charge in [0.2, 0.25) is 0 Å². The number of aromatic carboxylic acids is 1. The molecule has 166 valence electrons. The van der Waals surface area contributed by atoms with E-state index in [2.05, 4.69) is 9.88 Å². The van der Waals surface area contributed by atoms with Gasteiger partial charge in [-0.3, -0.25) is 4.79 Å². The van der Waals surface area contributed by atoms with Crippen molar-refractivity contribution in [1.82, 2.24) is 9.88 Å². The lowest BCUT2D eigenvalue weighted by Gasteiger charge is -2.38. The SMILES string of the molecule is Cc1nc(-c2ccc(Cl)cc2)sc1C(=O)N(C)C1CCCN(c2cccc(C(=O)O)c2)C1. The third-order valence-corrected chi connectivity index (χ3v) is 7.25. The van der Waals surface area contributed by atoms with Crippen LogP contribution in [0.3, 0.4) is 0 Å². The van der Waals surface area contributed by atoms with E-state index in [0.29, 0.717) is 16.4 Å². The summed E-state index contributed by atoms with van der Waals surface area (Å²) in [5, 5.41) is 10.7. The number of carbonyl (C=O) groups is 2.